The molecule has 1 aliphatic heterocycles. The van der Waals surface area contributed by atoms with Crippen molar-refractivity contribution in [2.75, 3.05) is 26.7 Å². The number of benzene rings is 1. The van der Waals surface area contributed by atoms with Crippen molar-refractivity contribution >= 4 is 0 Å². The van der Waals surface area contributed by atoms with Gasteiger partial charge in [-0.05, 0) is 51.3 Å². The average molecular weight is 288 g/mol. The molecule has 1 N–H and O–H groups in total. The maximum Gasteiger partial charge on any atom is 0.0947 e. The number of aryl methyl sites for hydroxylation is 1. The minimum Gasteiger partial charge on any atom is -0.387 e. The molecule has 1 aliphatic carbocycles. The predicted octanol–water partition coefficient (Wildman–Crippen LogP) is 2.45. The summed E-state index contributed by atoms with van der Waals surface area (Å²) >= 11 is 0. The van der Waals surface area contributed by atoms with Gasteiger partial charge in [0, 0.05) is 31.2 Å². The second-order valence-electron chi connectivity index (χ2n) is 7.31. The van der Waals surface area contributed by atoms with Crippen LogP contribution in [0.25, 0.3) is 0 Å². The first-order chi connectivity index (χ1) is 9.99. The molecule has 0 aromatic heterocycles. The Labute approximate surface area is 128 Å². The number of aliphatic hydroxyl groups is 1. The van der Waals surface area contributed by atoms with Crippen molar-refractivity contribution in [3.05, 3.63) is 35.4 Å². The summed E-state index contributed by atoms with van der Waals surface area (Å²) in [6.45, 7) is 7.78. The Hall–Kier alpha value is -0.900. The summed E-state index contributed by atoms with van der Waals surface area (Å²) in [5, 5.41) is 10.9. The van der Waals surface area contributed by atoms with Crippen molar-refractivity contribution in [1.82, 2.24) is 9.80 Å². The minimum atomic E-state index is -0.345. The molecule has 2 atom stereocenters. The van der Waals surface area contributed by atoms with Crippen LogP contribution in [-0.4, -0.2) is 53.2 Å². The molecule has 116 valence electrons. The van der Waals surface area contributed by atoms with Crippen molar-refractivity contribution in [3.63, 3.8) is 0 Å². The lowest BCUT2D eigenvalue weighted by atomic mass is 9.93. The summed E-state index contributed by atoms with van der Waals surface area (Å²) in [5.41, 5.74) is 2.67. The van der Waals surface area contributed by atoms with Crippen LogP contribution in [0, 0.1) is 0 Å². The Morgan fingerprint density at radius 1 is 1.19 bits per heavy atom. The molecule has 3 rings (SSSR count). The Balaban J connectivity index is 1.83. The Morgan fingerprint density at radius 3 is 2.71 bits per heavy atom. The molecule has 0 radical (unpaired) electrons. The first kappa shape index (κ1) is 15.0. The smallest absolute Gasteiger partial charge is 0.0947 e. The standard InChI is InChI=1S/C18H28N2O/c1-18(2)13-20(12-11-19(18)3)16-10-6-8-14-7-4-5-9-15(14)17(16)21/h4-5,7,9,16-17,21H,6,8,10-13H2,1-3H3. The maximum atomic E-state index is 10.9. The number of aliphatic hydroxyl groups excluding tert-OH is 1. The van der Waals surface area contributed by atoms with E-state index in [4.69, 9.17) is 0 Å². The zero-order valence-electron chi connectivity index (χ0n) is 13.5. The molecule has 1 aromatic rings. The van der Waals surface area contributed by atoms with Crippen LogP contribution in [0.2, 0.25) is 0 Å². The minimum absolute atomic E-state index is 0.184. The number of nitrogens with zero attached hydrogens (tertiary/aromatic N) is 2. The van der Waals surface area contributed by atoms with Gasteiger partial charge in [-0.2, -0.15) is 0 Å². The summed E-state index contributed by atoms with van der Waals surface area (Å²) in [6, 6.07) is 8.69. The molecule has 3 nitrogen and oxygen atoms in total. The van der Waals surface area contributed by atoms with E-state index in [0.717, 1.165) is 38.0 Å². The largest absolute Gasteiger partial charge is 0.387 e. The van der Waals surface area contributed by atoms with Gasteiger partial charge in [-0.1, -0.05) is 24.3 Å². The molecular formula is C18H28N2O. The number of likely N-dealkylation sites (N-methyl/N-ethyl adjacent to an activating group) is 1. The van der Waals surface area contributed by atoms with Gasteiger partial charge >= 0.3 is 0 Å². The van der Waals surface area contributed by atoms with Gasteiger partial charge in [0.15, 0.2) is 0 Å². The molecule has 1 saturated heterocycles. The van der Waals surface area contributed by atoms with Crippen molar-refractivity contribution in [3.8, 4) is 0 Å². The molecule has 1 fully saturated rings. The third kappa shape index (κ3) is 2.87. The van der Waals surface area contributed by atoms with Crippen molar-refractivity contribution in [1.29, 1.82) is 0 Å². The third-order valence-electron chi connectivity index (χ3n) is 5.50. The van der Waals surface area contributed by atoms with Crippen molar-refractivity contribution in [2.24, 2.45) is 0 Å². The monoisotopic (exact) mass is 288 g/mol. The first-order valence-corrected chi connectivity index (χ1v) is 8.20. The van der Waals surface area contributed by atoms with Crippen LogP contribution in [0.15, 0.2) is 24.3 Å². The molecule has 3 heteroatoms. The predicted molar refractivity (Wildman–Crippen MR) is 86.4 cm³/mol. The lowest BCUT2D eigenvalue weighted by Gasteiger charge is -2.48. The average Bonchev–Trinajstić information content (AvgIpc) is 2.62. The number of fused-ring (bicyclic) bond motifs is 1. The van der Waals surface area contributed by atoms with Crippen molar-refractivity contribution in [2.45, 2.75) is 50.8 Å². The highest BCUT2D eigenvalue weighted by Crippen LogP contribution is 2.34. The molecule has 0 bridgehead atoms. The highest BCUT2D eigenvalue weighted by Gasteiger charge is 2.37. The van der Waals surface area contributed by atoms with E-state index in [-0.39, 0.29) is 17.7 Å². The summed E-state index contributed by atoms with van der Waals surface area (Å²) in [5.74, 6) is 0. The lowest BCUT2D eigenvalue weighted by molar-refractivity contribution is -0.0265. The summed E-state index contributed by atoms with van der Waals surface area (Å²) in [4.78, 5) is 4.95. The topological polar surface area (TPSA) is 26.7 Å². The molecule has 21 heavy (non-hydrogen) atoms. The van der Waals surface area contributed by atoms with E-state index in [1.165, 1.54) is 12.0 Å². The number of piperazine rings is 1. The number of hydrogen-bond donors (Lipinski definition) is 1. The quantitative estimate of drug-likeness (QED) is 0.804. The Bertz CT molecular complexity index is 500. The number of hydrogen-bond acceptors (Lipinski definition) is 3. The highest BCUT2D eigenvalue weighted by molar-refractivity contribution is 5.31. The van der Waals surface area contributed by atoms with Crippen LogP contribution in [-0.2, 0) is 6.42 Å². The Kier molecular flexibility index (Phi) is 4.08. The maximum absolute atomic E-state index is 10.9. The highest BCUT2D eigenvalue weighted by atomic mass is 16.3. The van der Waals surface area contributed by atoms with E-state index < -0.39 is 0 Å². The fourth-order valence-electron chi connectivity index (χ4n) is 3.86. The molecule has 0 amide bonds. The van der Waals surface area contributed by atoms with Gasteiger partial charge in [0.05, 0.1) is 6.10 Å². The molecular weight excluding hydrogens is 260 g/mol. The van der Waals surface area contributed by atoms with Gasteiger partial charge < -0.3 is 5.11 Å². The number of rotatable bonds is 1. The van der Waals surface area contributed by atoms with E-state index in [1.54, 1.807) is 0 Å². The summed E-state index contributed by atoms with van der Waals surface area (Å²) in [7, 11) is 2.20. The van der Waals surface area contributed by atoms with Crippen LogP contribution in [0.4, 0.5) is 0 Å². The molecule has 1 aromatic carbocycles. The SMILES string of the molecule is CN1CCN(C2CCCc3ccccc3C2O)CC1(C)C. The molecule has 2 aliphatic rings. The fraction of sp³-hybridized carbons (Fsp3) is 0.667. The van der Waals surface area contributed by atoms with Gasteiger partial charge in [-0.15, -0.1) is 0 Å². The second-order valence-corrected chi connectivity index (χ2v) is 7.31. The van der Waals surface area contributed by atoms with Gasteiger partial charge in [-0.3, -0.25) is 9.80 Å². The molecule has 2 unspecified atom stereocenters. The van der Waals surface area contributed by atoms with Crippen LogP contribution in [0.1, 0.15) is 43.9 Å². The summed E-state index contributed by atoms with van der Waals surface area (Å²) in [6.07, 6.45) is 3.02. The molecule has 1 heterocycles. The summed E-state index contributed by atoms with van der Waals surface area (Å²) < 4.78 is 0. The van der Waals surface area contributed by atoms with Crippen LogP contribution in [0.5, 0.6) is 0 Å². The van der Waals surface area contributed by atoms with Gasteiger partial charge in [0.25, 0.3) is 0 Å². The molecule has 0 saturated carbocycles. The van der Waals surface area contributed by atoms with E-state index in [1.807, 2.05) is 0 Å². The van der Waals surface area contributed by atoms with E-state index in [2.05, 4.69) is 55.0 Å². The van der Waals surface area contributed by atoms with Crippen LogP contribution in [0.3, 0.4) is 0 Å². The van der Waals surface area contributed by atoms with Gasteiger partial charge in [0.2, 0.25) is 0 Å². The van der Waals surface area contributed by atoms with Gasteiger partial charge in [-0.25, -0.2) is 0 Å². The zero-order valence-corrected chi connectivity index (χ0v) is 13.5. The van der Waals surface area contributed by atoms with Gasteiger partial charge in [0.1, 0.15) is 0 Å². The molecule has 0 spiro atoms. The first-order valence-electron chi connectivity index (χ1n) is 8.20. The van der Waals surface area contributed by atoms with E-state index >= 15 is 0 Å². The lowest BCUT2D eigenvalue weighted by Crippen LogP contribution is -2.60. The Morgan fingerprint density at radius 2 is 1.95 bits per heavy atom. The van der Waals surface area contributed by atoms with Crippen molar-refractivity contribution < 1.29 is 5.11 Å². The van der Waals surface area contributed by atoms with Crippen LogP contribution < -0.4 is 0 Å². The van der Waals surface area contributed by atoms with E-state index in [0.29, 0.717) is 0 Å². The van der Waals surface area contributed by atoms with E-state index in [9.17, 15) is 5.11 Å². The second kappa shape index (κ2) is 5.71. The normalized spacial score (nSPS) is 30.7. The zero-order chi connectivity index (χ0) is 15.0. The fourth-order valence-corrected chi connectivity index (χ4v) is 3.86. The third-order valence-corrected chi connectivity index (χ3v) is 5.50. The van der Waals surface area contributed by atoms with Crippen LogP contribution >= 0.6 is 0 Å².